The summed E-state index contributed by atoms with van der Waals surface area (Å²) in [6.45, 7) is 4.84. The molecule has 0 aromatic carbocycles. The van der Waals surface area contributed by atoms with Crippen LogP contribution in [0.4, 0.5) is 0 Å². The molecule has 29 heavy (non-hydrogen) atoms. The van der Waals surface area contributed by atoms with Crippen molar-refractivity contribution in [1.82, 2.24) is 15.0 Å². The Balaban J connectivity index is 1.24. The minimum Gasteiger partial charge on any atom is -0.390 e. The third-order valence-corrected chi connectivity index (χ3v) is 10.1. The summed E-state index contributed by atoms with van der Waals surface area (Å²) in [5.41, 5.74) is -0.254. The normalized spacial score (nSPS) is 52.8. The monoisotopic (exact) mass is 397 g/mol. The van der Waals surface area contributed by atoms with Crippen LogP contribution < -0.4 is 0 Å². The molecule has 1 aromatic heterocycles. The molecular formula is C24H35N3O2. The third kappa shape index (κ3) is 2.72. The zero-order valence-electron chi connectivity index (χ0n) is 17.8. The molecule has 10 atom stereocenters. The molecule has 0 radical (unpaired) electrons. The zero-order valence-corrected chi connectivity index (χ0v) is 17.8. The Morgan fingerprint density at radius 1 is 1.00 bits per heavy atom. The van der Waals surface area contributed by atoms with Gasteiger partial charge in [0, 0.05) is 5.92 Å². The Labute approximate surface area is 173 Å². The van der Waals surface area contributed by atoms with Crippen LogP contribution in [-0.2, 0) is 11.3 Å². The summed E-state index contributed by atoms with van der Waals surface area (Å²) in [6.07, 6.45) is 12.9. The van der Waals surface area contributed by atoms with Gasteiger partial charge in [-0.15, -0.1) is 0 Å². The van der Waals surface area contributed by atoms with Gasteiger partial charge in [-0.25, -0.2) is 0 Å². The Bertz CT molecular complexity index is 805. The van der Waals surface area contributed by atoms with Gasteiger partial charge in [-0.05, 0) is 105 Å². The molecule has 1 heterocycles. The molecule has 5 aliphatic carbocycles. The van der Waals surface area contributed by atoms with Gasteiger partial charge in [0.1, 0.15) is 6.54 Å². The van der Waals surface area contributed by atoms with Gasteiger partial charge in [0.05, 0.1) is 18.0 Å². The second-order valence-electron chi connectivity index (χ2n) is 11.7. The Morgan fingerprint density at radius 2 is 1.76 bits per heavy atom. The van der Waals surface area contributed by atoms with Crippen molar-refractivity contribution in [3.8, 4) is 0 Å². The third-order valence-electron chi connectivity index (χ3n) is 10.1. The van der Waals surface area contributed by atoms with Gasteiger partial charge in [-0.3, -0.25) is 4.79 Å². The van der Waals surface area contributed by atoms with Crippen molar-refractivity contribution in [1.29, 1.82) is 0 Å². The minimum absolute atomic E-state index is 0.186. The summed E-state index contributed by atoms with van der Waals surface area (Å²) < 4.78 is 0. The van der Waals surface area contributed by atoms with Gasteiger partial charge in [-0.1, -0.05) is 6.92 Å². The Hall–Kier alpha value is -1.23. The average Bonchev–Trinajstić information content (AvgIpc) is 3.12. The number of hydrogen-bond donors (Lipinski definition) is 1. The van der Waals surface area contributed by atoms with Crippen molar-refractivity contribution in [2.75, 3.05) is 0 Å². The van der Waals surface area contributed by atoms with Crippen molar-refractivity contribution in [3.63, 3.8) is 0 Å². The fraction of sp³-hybridized carbons (Fsp3) is 0.875. The van der Waals surface area contributed by atoms with Crippen LogP contribution in [0.25, 0.3) is 0 Å². The summed E-state index contributed by atoms with van der Waals surface area (Å²) in [5.74, 6) is 5.94. The first-order valence-corrected chi connectivity index (χ1v) is 12.0. The van der Waals surface area contributed by atoms with Gasteiger partial charge < -0.3 is 5.11 Å². The summed E-state index contributed by atoms with van der Waals surface area (Å²) in [5, 5.41) is 19.0. The van der Waals surface area contributed by atoms with Crippen LogP contribution >= 0.6 is 0 Å². The average molecular weight is 398 g/mol. The Kier molecular flexibility index (Phi) is 3.93. The number of aromatic nitrogens is 3. The molecule has 6 rings (SSSR count). The highest BCUT2D eigenvalue weighted by Crippen LogP contribution is 2.74. The first-order valence-electron chi connectivity index (χ1n) is 12.0. The molecule has 5 saturated carbocycles. The van der Waals surface area contributed by atoms with E-state index in [2.05, 4.69) is 17.1 Å². The number of hydrogen-bond acceptors (Lipinski definition) is 4. The predicted molar refractivity (Wildman–Crippen MR) is 109 cm³/mol. The number of fused-ring (bicyclic) bond motifs is 7. The number of carbonyl (C=O) groups excluding carboxylic acids is 1. The van der Waals surface area contributed by atoms with E-state index in [0.29, 0.717) is 18.2 Å². The predicted octanol–water partition coefficient (Wildman–Crippen LogP) is 3.72. The first kappa shape index (κ1) is 18.5. The number of nitrogens with zero attached hydrogens (tertiary/aromatic N) is 3. The number of ketones is 1. The second-order valence-corrected chi connectivity index (χ2v) is 11.7. The van der Waals surface area contributed by atoms with E-state index in [1.165, 1.54) is 38.5 Å². The van der Waals surface area contributed by atoms with E-state index < -0.39 is 5.60 Å². The zero-order chi connectivity index (χ0) is 20.0. The Morgan fingerprint density at radius 3 is 2.55 bits per heavy atom. The van der Waals surface area contributed by atoms with Crippen molar-refractivity contribution in [2.45, 2.75) is 77.4 Å². The van der Waals surface area contributed by atoms with Crippen molar-refractivity contribution < 1.29 is 9.90 Å². The molecular weight excluding hydrogens is 362 g/mol. The molecule has 0 amide bonds. The minimum atomic E-state index is -0.440. The molecule has 1 N–H and O–H groups in total. The van der Waals surface area contributed by atoms with Crippen LogP contribution in [-0.4, -0.2) is 31.5 Å². The van der Waals surface area contributed by atoms with Crippen LogP contribution in [0.3, 0.4) is 0 Å². The van der Waals surface area contributed by atoms with Crippen LogP contribution in [0.1, 0.15) is 65.2 Å². The van der Waals surface area contributed by atoms with Crippen LogP contribution in [0.2, 0.25) is 0 Å². The van der Waals surface area contributed by atoms with Gasteiger partial charge in [0.25, 0.3) is 0 Å². The number of aliphatic hydroxyl groups is 1. The molecule has 5 nitrogen and oxygen atoms in total. The molecule has 1 unspecified atom stereocenters. The smallest absolute Gasteiger partial charge is 0.160 e. The molecule has 5 heteroatoms. The van der Waals surface area contributed by atoms with E-state index >= 15 is 0 Å². The summed E-state index contributed by atoms with van der Waals surface area (Å²) >= 11 is 0. The summed E-state index contributed by atoms with van der Waals surface area (Å²) in [7, 11) is 0. The van der Waals surface area contributed by atoms with Gasteiger partial charge >= 0.3 is 0 Å². The largest absolute Gasteiger partial charge is 0.390 e. The quantitative estimate of drug-likeness (QED) is 0.844. The molecule has 1 aromatic rings. The maximum atomic E-state index is 13.3. The van der Waals surface area contributed by atoms with E-state index in [-0.39, 0.29) is 11.3 Å². The van der Waals surface area contributed by atoms with Crippen LogP contribution in [0.5, 0.6) is 0 Å². The molecule has 0 saturated heterocycles. The standard InChI is InChI=1S/C24H35N3O2/c1-23(29)7-5-15-14(12-23)3-4-17-16(15)6-8-24(2)21(17)18-11-19(18)22(24)20(28)13-27-25-9-10-26-27/h9-10,14-19,21-22,29H,3-8,11-13H2,1-2H3/t14-,15+,16-,17-,18-,19+,21?,22-,23-,24+/m1/s1. The molecule has 0 bridgehead atoms. The highest BCUT2D eigenvalue weighted by Gasteiger charge is 2.70. The summed E-state index contributed by atoms with van der Waals surface area (Å²) in [4.78, 5) is 14.9. The summed E-state index contributed by atoms with van der Waals surface area (Å²) in [6, 6.07) is 0. The lowest BCUT2D eigenvalue weighted by Gasteiger charge is -2.57. The van der Waals surface area contributed by atoms with E-state index in [0.717, 1.165) is 48.3 Å². The van der Waals surface area contributed by atoms with Crippen LogP contribution in [0, 0.1) is 52.8 Å². The lowest BCUT2D eigenvalue weighted by molar-refractivity contribution is -0.136. The lowest BCUT2D eigenvalue weighted by atomic mass is 9.48. The van der Waals surface area contributed by atoms with E-state index in [1.807, 2.05) is 6.92 Å². The lowest BCUT2D eigenvalue weighted by Crippen LogP contribution is -2.52. The fourth-order valence-electron chi connectivity index (χ4n) is 9.22. The molecule has 5 fully saturated rings. The fourth-order valence-corrected chi connectivity index (χ4v) is 9.22. The topological polar surface area (TPSA) is 68.0 Å². The van der Waals surface area contributed by atoms with Crippen LogP contribution in [0.15, 0.2) is 12.4 Å². The van der Waals surface area contributed by atoms with Gasteiger partial charge in [0.15, 0.2) is 5.78 Å². The van der Waals surface area contributed by atoms with Crippen molar-refractivity contribution in [2.24, 2.45) is 52.8 Å². The molecule has 0 spiro atoms. The maximum absolute atomic E-state index is 13.3. The van der Waals surface area contributed by atoms with Crippen molar-refractivity contribution >= 4 is 5.78 Å². The number of rotatable bonds is 3. The highest BCUT2D eigenvalue weighted by atomic mass is 16.3. The van der Waals surface area contributed by atoms with E-state index in [9.17, 15) is 9.90 Å². The van der Waals surface area contributed by atoms with Gasteiger partial charge in [-0.2, -0.15) is 15.0 Å². The first-order chi connectivity index (χ1) is 13.9. The SMILES string of the molecule is C[C@@]1(O)CC[C@H]2[C@H](CC[C@H]3C4[C@@H]5C[C@@H]5[C@H](C(=O)Cn5nccn5)[C@@]4(C)CC[C@H]23)C1. The molecule has 5 aliphatic rings. The molecule has 158 valence electrons. The molecule has 0 aliphatic heterocycles. The van der Waals surface area contributed by atoms with Crippen molar-refractivity contribution in [3.05, 3.63) is 12.4 Å². The number of carbonyl (C=O) groups is 1. The van der Waals surface area contributed by atoms with Gasteiger partial charge in [0.2, 0.25) is 0 Å². The second kappa shape index (κ2) is 6.15. The van der Waals surface area contributed by atoms with E-state index in [4.69, 9.17) is 0 Å². The maximum Gasteiger partial charge on any atom is 0.160 e. The number of Topliss-reactive ketones (excluding diaryl/α,β-unsaturated/α-hetero) is 1. The highest BCUT2D eigenvalue weighted by molar-refractivity contribution is 5.83. The van der Waals surface area contributed by atoms with E-state index in [1.54, 1.807) is 17.2 Å².